The Balaban J connectivity index is 1.71. The maximum Gasteiger partial charge on any atom is 0.157 e. The summed E-state index contributed by atoms with van der Waals surface area (Å²) in [6.45, 7) is 3.28. The Morgan fingerprint density at radius 2 is 2.42 bits per heavy atom. The fourth-order valence-corrected chi connectivity index (χ4v) is 2.57. The summed E-state index contributed by atoms with van der Waals surface area (Å²) >= 11 is 1.94. The van der Waals surface area contributed by atoms with Crippen LogP contribution < -0.4 is 5.32 Å². The molecular weight excluding hydrogens is 168 g/mol. The van der Waals surface area contributed by atoms with Crippen molar-refractivity contribution in [3.63, 3.8) is 0 Å². The van der Waals surface area contributed by atoms with Gasteiger partial charge in [-0.2, -0.15) is 0 Å². The second-order valence-electron chi connectivity index (χ2n) is 3.59. The number of aliphatic imine (C=N–C) groups is 1. The number of hydrogen-bond acceptors (Lipinski definition) is 3. The SMILES string of the molecule is CCCC1CN=C(NC2CC2)S1. The van der Waals surface area contributed by atoms with Crippen LogP contribution in [0.2, 0.25) is 0 Å². The van der Waals surface area contributed by atoms with E-state index in [9.17, 15) is 0 Å². The van der Waals surface area contributed by atoms with Gasteiger partial charge in [0.2, 0.25) is 0 Å². The molecule has 1 saturated carbocycles. The number of hydrogen-bond donors (Lipinski definition) is 1. The Kier molecular flexibility index (Phi) is 2.59. The number of nitrogens with one attached hydrogen (secondary N) is 1. The van der Waals surface area contributed by atoms with Gasteiger partial charge in [0.1, 0.15) is 0 Å². The summed E-state index contributed by atoms with van der Waals surface area (Å²) in [5.41, 5.74) is 0. The summed E-state index contributed by atoms with van der Waals surface area (Å²) in [6, 6.07) is 0.761. The summed E-state index contributed by atoms with van der Waals surface area (Å²) in [6.07, 6.45) is 5.28. The molecule has 68 valence electrons. The molecule has 1 N–H and O–H groups in total. The highest BCUT2D eigenvalue weighted by Gasteiger charge is 2.26. The minimum Gasteiger partial charge on any atom is -0.362 e. The predicted molar refractivity (Wildman–Crippen MR) is 54.7 cm³/mol. The summed E-state index contributed by atoms with van der Waals surface area (Å²) in [5.74, 6) is 0. The molecular formula is C9H16N2S. The molecule has 2 rings (SSSR count). The maximum absolute atomic E-state index is 4.48. The number of nitrogens with zero attached hydrogens (tertiary/aromatic N) is 1. The van der Waals surface area contributed by atoms with Crippen molar-refractivity contribution in [2.45, 2.75) is 43.9 Å². The van der Waals surface area contributed by atoms with Gasteiger partial charge in [-0.25, -0.2) is 0 Å². The second kappa shape index (κ2) is 3.69. The van der Waals surface area contributed by atoms with Crippen molar-refractivity contribution in [1.82, 2.24) is 5.32 Å². The van der Waals surface area contributed by atoms with Crippen LogP contribution in [0.1, 0.15) is 32.6 Å². The van der Waals surface area contributed by atoms with E-state index in [0.29, 0.717) is 0 Å². The number of thioether (sulfide) groups is 1. The molecule has 1 heterocycles. The average Bonchev–Trinajstić information content (AvgIpc) is 2.74. The molecule has 1 aliphatic heterocycles. The molecule has 1 fully saturated rings. The standard InChI is InChI=1S/C9H16N2S/c1-2-3-8-6-10-9(12-8)11-7-4-5-7/h7-8H,2-6H2,1H3,(H,10,11). The fraction of sp³-hybridized carbons (Fsp3) is 0.889. The zero-order valence-corrected chi connectivity index (χ0v) is 8.36. The van der Waals surface area contributed by atoms with E-state index in [-0.39, 0.29) is 0 Å². The van der Waals surface area contributed by atoms with Gasteiger partial charge < -0.3 is 5.32 Å². The topological polar surface area (TPSA) is 24.4 Å². The van der Waals surface area contributed by atoms with Crippen LogP contribution >= 0.6 is 11.8 Å². The molecule has 0 aromatic rings. The van der Waals surface area contributed by atoms with Crippen LogP contribution in [0.15, 0.2) is 4.99 Å². The molecule has 0 aromatic carbocycles. The van der Waals surface area contributed by atoms with Gasteiger partial charge in [-0.15, -0.1) is 0 Å². The van der Waals surface area contributed by atoms with E-state index >= 15 is 0 Å². The summed E-state index contributed by atoms with van der Waals surface area (Å²) < 4.78 is 0. The Morgan fingerprint density at radius 3 is 3.08 bits per heavy atom. The van der Waals surface area contributed by atoms with E-state index in [1.54, 1.807) is 0 Å². The van der Waals surface area contributed by atoms with Crippen molar-refractivity contribution in [1.29, 1.82) is 0 Å². The molecule has 0 aromatic heterocycles. The third-order valence-electron chi connectivity index (χ3n) is 2.23. The third kappa shape index (κ3) is 2.16. The van der Waals surface area contributed by atoms with Gasteiger partial charge in [0.25, 0.3) is 0 Å². The van der Waals surface area contributed by atoms with Crippen LogP contribution in [-0.2, 0) is 0 Å². The summed E-state index contributed by atoms with van der Waals surface area (Å²) in [5, 5.41) is 5.42. The Labute approximate surface area is 78.2 Å². The van der Waals surface area contributed by atoms with E-state index in [4.69, 9.17) is 0 Å². The van der Waals surface area contributed by atoms with Crippen LogP contribution in [0.4, 0.5) is 0 Å². The molecule has 2 nitrogen and oxygen atoms in total. The van der Waals surface area contributed by atoms with Gasteiger partial charge in [-0.05, 0) is 19.3 Å². The molecule has 1 atom stereocenters. The van der Waals surface area contributed by atoms with Gasteiger partial charge in [-0.3, -0.25) is 4.99 Å². The molecule has 12 heavy (non-hydrogen) atoms. The molecule has 0 spiro atoms. The van der Waals surface area contributed by atoms with Crippen LogP contribution in [0, 0.1) is 0 Å². The second-order valence-corrected chi connectivity index (χ2v) is 4.88. The predicted octanol–water partition coefficient (Wildman–Crippen LogP) is 2.01. The monoisotopic (exact) mass is 184 g/mol. The van der Waals surface area contributed by atoms with E-state index in [1.807, 2.05) is 11.8 Å². The van der Waals surface area contributed by atoms with Gasteiger partial charge in [0.15, 0.2) is 5.17 Å². The zero-order valence-electron chi connectivity index (χ0n) is 7.55. The minimum atomic E-state index is 0.760. The van der Waals surface area contributed by atoms with Crippen molar-refractivity contribution in [2.24, 2.45) is 4.99 Å². The largest absolute Gasteiger partial charge is 0.362 e. The molecule has 1 unspecified atom stereocenters. The number of amidine groups is 1. The Bertz CT molecular complexity index is 187. The molecule has 0 radical (unpaired) electrons. The first-order valence-corrected chi connectivity index (χ1v) is 5.74. The van der Waals surface area contributed by atoms with Crippen LogP contribution in [0.3, 0.4) is 0 Å². The van der Waals surface area contributed by atoms with Gasteiger partial charge in [0.05, 0.1) is 6.54 Å². The van der Waals surface area contributed by atoms with Crippen LogP contribution in [0.25, 0.3) is 0 Å². The summed E-state index contributed by atoms with van der Waals surface area (Å²) in [7, 11) is 0. The summed E-state index contributed by atoms with van der Waals surface area (Å²) in [4.78, 5) is 4.48. The Morgan fingerprint density at radius 1 is 1.58 bits per heavy atom. The fourth-order valence-electron chi connectivity index (χ4n) is 1.37. The van der Waals surface area contributed by atoms with Crippen molar-refractivity contribution in [3.05, 3.63) is 0 Å². The van der Waals surface area contributed by atoms with E-state index < -0.39 is 0 Å². The lowest BCUT2D eigenvalue weighted by atomic mass is 10.2. The highest BCUT2D eigenvalue weighted by molar-refractivity contribution is 8.14. The Hall–Kier alpha value is -0.180. The lowest BCUT2D eigenvalue weighted by Gasteiger charge is -2.06. The molecule has 1 aliphatic carbocycles. The van der Waals surface area contributed by atoms with Crippen LogP contribution in [-0.4, -0.2) is 23.0 Å². The van der Waals surface area contributed by atoms with Crippen molar-refractivity contribution in [2.75, 3.05) is 6.54 Å². The highest BCUT2D eigenvalue weighted by atomic mass is 32.2. The van der Waals surface area contributed by atoms with Crippen molar-refractivity contribution >= 4 is 16.9 Å². The third-order valence-corrected chi connectivity index (χ3v) is 3.42. The quantitative estimate of drug-likeness (QED) is 0.725. The lowest BCUT2D eigenvalue weighted by Crippen LogP contribution is -2.21. The highest BCUT2D eigenvalue weighted by Crippen LogP contribution is 2.27. The van der Waals surface area contributed by atoms with Crippen molar-refractivity contribution in [3.8, 4) is 0 Å². The van der Waals surface area contributed by atoms with E-state index in [0.717, 1.165) is 17.8 Å². The average molecular weight is 184 g/mol. The molecule has 2 aliphatic rings. The minimum absolute atomic E-state index is 0.760. The normalized spacial score (nSPS) is 28.8. The first kappa shape index (κ1) is 8.42. The van der Waals surface area contributed by atoms with Gasteiger partial charge >= 0.3 is 0 Å². The molecule has 3 heteroatoms. The van der Waals surface area contributed by atoms with Gasteiger partial charge in [0, 0.05) is 11.3 Å². The van der Waals surface area contributed by atoms with Crippen molar-refractivity contribution < 1.29 is 0 Å². The van der Waals surface area contributed by atoms with E-state index in [1.165, 1.54) is 30.9 Å². The van der Waals surface area contributed by atoms with Crippen LogP contribution in [0.5, 0.6) is 0 Å². The maximum atomic E-state index is 4.48. The first-order chi connectivity index (χ1) is 5.88. The van der Waals surface area contributed by atoms with Gasteiger partial charge in [-0.1, -0.05) is 25.1 Å². The zero-order chi connectivity index (χ0) is 8.39. The first-order valence-electron chi connectivity index (χ1n) is 4.86. The molecule has 0 saturated heterocycles. The molecule has 0 amide bonds. The number of rotatable bonds is 3. The van der Waals surface area contributed by atoms with E-state index in [2.05, 4.69) is 17.2 Å². The molecule has 0 bridgehead atoms. The lowest BCUT2D eigenvalue weighted by molar-refractivity contribution is 0.753. The smallest absolute Gasteiger partial charge is 0.157 e.